The summed E-state index contributed by atoms with van der Waals surface area (Å²) in [5, 5.41) is 0.706. The van der Waals surface area contributed by atoms with Crippen LogP contribution in [0.4, 0.5) is 11.4 Å². The molecule has 2 fully saturated rings. The van der Waals surface area contributed by atoms with Gasteiger partial charge in [0, 0.05) is 30.7 Å². The molecule has 7 heteroatoms. The number of thioether (sulfide) groups is 1. The monoisotopic (exact) mass is 421 g/mol. The number of carbonyl (C=O) groups excluding carboxylic acids is 3. The SMILES string of the molecule is Cc1cccc(C)c1N=C1SCCCN1C(=O)c1ccc(N2C(=O)CCC2=O)cc1. The summed E-state index contributed by atoms with van der Waals surface area (Å²) >= 11 is 1.59. The molecule has 2 aromatic carbocycles. The molecule has 0 aliphatic carbocycles. The van der Waals surface area contributed by atoms with Crippen LogP contribution in [0.25, 0.3) is 0 Å². The standard InChI is InChI=1S/C23H23N3O3S/c1-15-5-3-6-16(2)21(15)24-23-25(13-4-14-30-23)22(29)17-7-9-18(10-8-17)26-19(27)11-12-20(26)28/h3,5-10H,4,11-14H2,1-2H3. The minimum Gasteiger partial charge on any atom is -0.287 e. The van der Waals surface area contributed by atoms with Gasteiger partial charge in [0.1, 0.15) is 0 Å². The van der Waals surface area contributed by atoms with E-state index >= 15 is 0 Å². The van der Waals surface area contributed by atoms with Crippen LogP contribution in [0.1, 0.15) is 40.7 Å². The van der Waals surface area contributed by atoms with Crippen molar-refractivity contribution in [2.45, 2.75) is 33.1 Å². The number of carbonyl (C=O) groups is 3. The minimum atomic E-state index is -0.200. The summed E-state index contributed by atoms with van der Waals surface area (Å²) in [5.74, 6) is 0.396. The van der Waals surface area contributed by atoms with Gasteiger partial charge in [-0.25, -0.2) is 4.99 Å². The van der Waals surface area contributed by atoms with Gasteiger partial charge >= 0.3 is 0 Å². The molecule has 0 spiro atoms. The Labute approximate surface area is 180 Å². The van der Waals surface area contributed by atoms with Crippen molar-refractivity contribution >= 4 is 46.0 Å². The van der Waals surface area contributed by atoms with Gasteiger partial charge in [0.25, 0.3) is 5.91 Å². The van der Waals surface area contributed by atoms with Gasteiger partial charge in [-0.1, -0.05) is 30.0 Å². The second-order valence-corrected chi connectivity index (χ2v) is 8.53. The Morgan fingerprint density at radius 1 is 0.967 bits per heavy atom. The lowest BCUT2D eigenvalue weighted by Gasteiger charge is -2.28. The zero-order valence-corrected chi connectivity index (χ0v) is 17.9. The summed E-state index contributed by atoms with van der Waals surface area (Å²) in [4.78, 5) is 44.8. The Morgan fingerprint density at radius 3 is 2.23 bits per heavy atom. The van der Waals surface area contributed by atoms with Crippen LogP contribution in [0.3, 0.4) is 0 Å². The molecular formula is C23H23N3O3S. The number of hydrogen-bond donors (Lipinski definition) is 0. The average Bonchev–Trinajstić information content (AvgIpc) is 3.09. The molecular weight excluding hydrogens is 398 g/mol. The van der Waals surface area contributed by atoms with Crippen LogP contribution in [0.2, 0.25) is 0 Å². The van der Waals surface area contributed by atoms with Gasteiger partial charge in [-0.2, -0.15) is 0 Å². The van der Waals surface area contributed by atoms with Crippen molar-refractivity contribution < 1.29 is 14.4 Å². The fourth-order valence-electron chi connectivity index (χ4n) is 3.69. The highest BCUT2D eigenvalue weighted by Crippen LogP contribution is 2.29. The Hall–Kier alpha value is -2.93. The predicted molar refractivity (Wildman–Crippen MR) is 119 cm³/mol. The molecule has 2 aromatic rings. The number of aliphatic imine (C=N–C) groups is 1. The number of amides is 3. The van der Waals surface area contributed by atoms with Crippen molar-refractivity contribution in [1.82, 2.24) is 4.90 Å². The van der Waals surface area contributed by atoms with E-state index in [2.05, 4.69) is 0 Å². The first-order valence-corrected chi connectivity index (χ1v) is 11.0. The Morgan fingerprint density at radius 2 is 1.60 bits per heavy atom. The first-order valence-electron chi connectivity index (χ1n) is 10.0. The molecule has 0 atom stereocenters. The molecule has 2 saturated heterocycles. The van der Waals surface area contributed by atoms with Crippen molar-refractivity contribution in [2.75, 3.05) is 17.2 Å². The third-order valence-corrected chi connectivity index (χ3v) is 6.37. The molecule has 2 aliphatic heterocycles. The molecule has 154 valence electrons. The lowest BCUT2D eigenvalue weighted by molar-refractivity contribution is -0.121. The fourth-order valence-corrected chi connectivity index (χ4v) is 4.63. The molecule has 3 amide bonds. The third kappa shape index (κ3) is 3.89. The van der Waals surface area contributed by atoms with E-state index in [-0.39, 0.29) is 30.6 Å². The number of aryl methyl sites for hydroxylation is 2. The van der Waals surface area contributed by atoms with Gasteiger partial charge in [0.2, 0.25) is 11.8 Å². The van der Waals surface area contributed by atoms with Crippen LogP contribution >= 0.6 is 11.8 Å². The van der Waals surface area contributed by atoms with Crippen molar-refractivity contribution in [3.05, 3.63) is 59.2 Å². The summed E-state index contributed by atoms with van der Waals surface area (Å²) in [7, 11) is 0. The summed E-state index contributed by atoms with van der Waals surface area (Å²) in [5.41, 5.74) is 4.07. The van der Waals surface area contributed by atoms with Gasteiger partial charge in [-0.3, -0.25) is 24.2 Å². The van der Waals surface area contributed by atoms with E-state index in [0.717, 1.165) is 29.0 Å². The summed E-state index contributed by atoms with van der Waals surface area (Å²) < 4.78 is 0. The maximum atomic E-state index is 13.2. The van der Waals surface area contributed by atoms with E-state index in [1.165, 1.54) is 4.90 Å². The van der Waals surface area contributed by atoms with Gasteiger partial charge in [-0.05, 0) is 55.7 Å². The number of anilines is 1. The van der Waals surface area contributed by atoms with Crippen LogP contribution < -0.4 is 4.90 Å². The fraction of sp³-hybridized carbons (Fsp3) is 0.304. The smallest absolute Gasteiger partial charge is 0.259 e. The number of amidine groups is 1. The van der Waals surface area contributed by atoms with Gasteiger partial charge < -0.3 is 0 Å². The van der Waals surface area contributed by atoms with Crippen LogP contribution in [0, 0.1) is 13.8 Å². The second kappa shape index (κ2) is 8.44. The molecule has 2 heterocycles. The summed E-state index contributed by atoms with van der Waals surface area (Å²) in [6.45, 7) is 4.65. The van der Waals surface area contributed by atoms with Gasteiger partial charge in [-0.15, -0.1) is 0 Å². The number of hydrogen-bond acceptors (Lipinski definition) is 5. The molecule has 0 unspecified atom stereocenters. The van der Waals surface area contributed by atoms with Crippen molar-refractivity contribution in [3.63, 3.8) is 0 Å². The molecule has 0 bridgehead atoms. The van der Waals surface area contributed by atoms with Gasteiger partial charge in [0.05, 0.1) is 11.4 Å². The van der Waals surface area contributed by atoms with E-state index in [9.17, 15) is 14.4 Å². The summed E-state index contributed by atoms with van der Waals surface area (Å²) in [6, 6.07) is 12.7. The zero-order chi connectivity index (χ0) is 21.3. The van der Waals surface area contributed by atoms with Gasteiger partial charge in [0.15, 0.2) is 5.17 Å². The highest BCUT2D eigenvalue weighted by Gasteiger charge is 2.31. The lowest BCUT2D eigenvalue weighted by atomic mass is 10.1. The van der Waals surface area contributed by atoms with E-state index in [1.807, 2.05) is 32.0 Å². The Kier molecular flexibility index (Phi) is 5.72. The van der Waals surface area contributed by atoms with E-state index in [0.29, 0.717) is 23.0 Å². The highest BCUT2D eigenvalue weighted by atomic mass is 32.2. The molecule has 0 radical (unpaired) electrons. The first-order chi connectivity index (χ1) is 14.5. The van der Waals surface area contributed by atoms with Crippen molar-refractivity contribution in [3.8, 4) is 0 Å². The average molecular weight is 422 g/mol. The largest absolute Gasteiger partial charge is 0.287 e. The van der Waals surface area contributed by atoms with Crippen LogP contribution in [0.5, 0.6) is 0 Å². The molecule has 0 saturated carbocycles. The van der Waals surface area contributed by atoms with Crippen LogP contribution in [-0.2, 0) is 9.59 Å². The molecule has 2 aliphatic rings. The number of rotatable bonds is 3. The molecule has 6 nitrogen and oxygen atoms in total. The number of para-hydroxylation sites is 1. The number of nitrogens with zero attached hydrogens (tertiary/aromatic N) is 3. The highest BCUT2D eigenvalue weighted by molar-refractivity contribution is 8.13. The third-order valence-electron chi connectivity index (χ3n) is 5.30. The van der Waals surface area contributed by atoms with Crippen LogP contribution in [-0.4, -0.2) is 40.1 Å². The minimum absolute atomic E-state index is 0.127. The lowest BCUT2D eigenvalue weighted by Crippen LogP contribution is -2.39. The van der Waals surface area contributed by atoms with E-state index < -0.39 is 0 Å². The van der Waals surface area contributed by atoms with Crippen molar-refractivity contribution in [2.24, 2.45) is 4.99 Å². The van der Waals surface area contributed by atoms with E-state index in [4.69, 9.17) is 4.99 Å². The predicted octanol–water partition coefficient (Wildman–Crippen LogP) is 4.22. The first kappa shape index (κ1) is 20.3. The number of benzene rings is 2. The summed E-state index contributed by atoms with van der Waals surface area (Å²) in [6.07, 6.45) is 1.38. The Balaban J connectivity index is 1.60. The second-order valence-electron chi connectivity index (χ2n) is 7.46. The molecule has 0 N–H and O–H groups in total. The quantitative estimate of drug-likeness (QED) is 0.696. The normalized spacial score (nSPS) is 18.4. The maximum absolute atomic E-state index is 13.2. The van der Waals surface area contributed by atoms with Crippen molar-refractivity contribution in [1.29, 1.82) is 0 Å². The molecule has 4 rings (SSSR count). The number of imide groups is 1. The molecule has 0 aromatic heterocycles. The Bertz CT molecular complexity index is 1010. The zero-order valence-electron chi connectivity index (χ0n) is 17.1. The molecule has 30 heavy (non-hydrogen) atoms. The van der Waals surface area contributed by atoms with E-state index in [1.54, 1.807) is 40.9 Å². The maximum Gasteiger partial charge on any atom is 0.259 e. The van der Waals surface area contributed by atoms with Crippen LogP contribution in [0.15, 0.2) is 47.5 Å². The topological polar surface area (TPSA) is 70.1 Å².